The molecule has 4 N–H and O–H groups in total. The zero-order valence-electron chi connectivity index (χ0n) is 21.6. The monoisotopic (exact) mass is 492 g/mol. The minimum absolute atomic E-state index is 0.0636. The Balaban J connectivity index is 1.20. The van der Waals surface area contributed by atoms with Gasteiger partial charge in [0.15, 0.2) is 0 Å². The normalized spacial score (nSPS) is 16.2. The van der Waals surface area contributed by atoms with Gasteiger partial charge in [-0.1, -0.05) is 11.6 Å². The summed E-state index contributed by atoms with van der Waals surface area (Å²) in [4.78, 5) is 24.6. The molecular weight excluding hydrogens is 460 g/mol. The van der Waals surface area contributed by atoms with Crippen molar-refractivity contribution in [3.05, 3.63) is 82.7 Å². The van der Waals surface area contributed by atoms with Crippen molar-refractivity contribution in [2.24, 2.45) is 5.73 Å². The lowest BCUT2D eigenvalue weighted by molar-refractivity contribution is -0.121. The standard InChI is InChI=1S/C30H32N6O/c1-18-12-19(2)27-24(13-18)26(14-20(3)33-27)34-22-4-6-23(7-5-22)36-10-8-30(9-11-36)25-15-21(16-31)17-32-28(25)35-29(30)37/h4-7,12-15,17H,8-11,16,31H2,1-3H3,(H,33,34)(H,32,35,37). The van der Waals surface area contributed by atoms with Gasteiger partial charge in [-0.2, -0.15) is 0 Å². The molecular formula is C30H32N6O. The lowest BCUT2D eigenvalue weighted by Crippen LogP contribution is -2.46. The third kappa shape index (κ3) is 4.00. The average molecular weight is 493 g/mol. The first kappa shape index (κ1) is 23.4. The van der Waals surface area contributed by atoms with E-state index in [9.17, 15) is 4.79 Å². The Bertz CT molecular complexity index is 1520. The van der Waals surface area contributed by atoms with E-state index in [2.05, 4.69) is 82.9 Å². The molecule has 1 saturated heterocycles. The molecule has 0 aliphatic carbocycles. The molecule has 4 heterocycles. The number of fused-ring (bicyclic) bond motifs is 3. The Labute approximate surface area is 217 Å². The highest BCUT2D eigenvalue weighted by atomic mass is 16.2. The first-order chi connectivity index (χ1) is 17.9. The predicted octanol–water partition coefficient (Wildman–Crippen LogP) is 5.25. The summed E-state index contributed by atoms with van der Waals surface area (Å²) in [5, 5.41) is 7.74. The fourth-order valence-electron chi connectivity index (χ4n) is 5.90. The number of nitrogens with zero attached hydrogens (tertiary/aromatic N) is 3. The van der Waals surface area contributed by atoms with E-state index in [0.717, 1.165) is 70.7 Å². The van der Waals surface area contributed by atoms with Crippen LogP contribution in [0.4, 0.5) is 22.9 Å². The van der Waals surface area contributed by atoms with E-state index in [1.54, 1.807) is 6.20 Å². The number of rotatable bonds is 4. The van der Waals surface area contributed by atoms with E-state index in [0.29, 0.717) is 12.4 Å². The van der Waals surface area contributed by atoms with Crippen LogP contribution < -0.4 is 21.3 Å². The second-order valence-electron chi connectivity index (χ2n) is 10.4. The Morgan fingerprint density at radius 2 is 1.81 bits per heavy atom. The number of aryl methyl sites for hydroxylation is 3. The molecule has 1 amide bonds. The van der Waals surface area contributed by atoms with Crippen LogP contribution in [0.25, 0.3) is 10.9 Å². The van der Waals surface area contributed by atoms with Crippen molar-refractivity contribution >= 4 is 39.7 Å². The van der Waals surface area contributed by atoms with Crippen molar-refractivity contribution in [1.82, 2.24) is 9.97 Å². The molecule has 6 rings (SSSR count). The Morgan fingerprint density at radius 3 is 2.54 bits per heavy atom. The SMILES string of the molecule is Cc1cc(C)c2nc(C)cc(Nc3ccc(N4CCC5(CC4)C(=O)Nc4ncc(CN)cc45)cc3)c2c1. The molecule has 7 heteroatoms. The summed E-state index contributed by atoms with van der Waals surface area (Å²) in [6.07, 6.45) is 3.26. The summed E-state index contributed by atoms with van der Waals surface area (Å²) in [6, 6.07) is 17.1. The Kier molecular flexibility index (Phi) is 5.60. The first-order valence-electron chi connectivity index (χ1n) is 12.9. The highest BCUT2D eigenvalue weighted by Crippen LogP contribution is 2.45. The van der Waals surface area contributed by atoms with Gasteiger partial charge in [0.25, 0.3) is 0 Å². The largest absolute Gasteiger partial charge is 0.371 e. The van der Waals surface area contributed by atoms with E-state index in [1.807, 2.05) is 6.92 Å². The third-order valence-electron chi connectivity index (χ3n) is 7.87. The van der Waals surface area contributed by atoms with Crippen LogP contribution in [0.5, 0.6) is 0 Å². The van der Waals surface area contributed by atoms with E-state index < -0.39 is 5.41 Å². The lowest BCUT2D eigenvalue weighted by Gasteiger charge is -2.39. The van der Waals surface area contributed by atoms with Crippen LogP contribution in [0, 0.1) is 20.8 Å². The van der Waals surface area contributed by atoms with Gasteiger partial charge in [-0.05, 0) is 87.2 Å². The topological polar surface area (TPSA) is 96.2 Å². The number of pyridine rings is 2. The van der Waals surface area contributed by atoms with Crippen molar-refractivity contribution < 1.29 is 4.79 Å². The number of hydrogen-bond donors (Lipinski definition) is 3. The van der Waals surface area contributed by atoms with Gasteiger partial charge < -0.3 is 21.3 Å². The molecule has 0 bridgehead atoms. The number of benzene rings is 2. The van der Waals surface area contributed by atoms with Crippen molar-refractivity contribution in [2.75, 3.05) is 28.6 Å². The van der Waals surface area contributed by atoms with Crippen LogP contribution in [-0.4, -0.2) is 29.0 Å². The molecule has 1 spiro atoms. The molecule has 0 saturated carbocycles. The van der Waals surface area contributed by atoms with Gasteiger partial charge in [0.05, 0.1) is 10.9 Å². The molecule has 2 aliphatic heterocycles. The van der Waals surface area contributed by atoms with Crippen molar-refractivity contribution in [2.45, 2.75) is 45.6 Å². The minimum Gasteiger partial charge on any atom is -0.371 e. The Hall–Kier alpha value is -3.97. The highest BCUT2D eigenvalue weighted by molar-refractivity contribution is 6.05. The van der Waals surface area contributed by atoms with Gasteiger partial charge in [-0.15, -0.1) is 0 Å². The fraction of sp³-hybridized carbons (Fsp3) is 0.300. The molecule has 7 nitrogen and oxygen atoms in total. The zero-order chi connectivity index (χ0) is 25.7. The molecule has 0 unspecified atom stereocenters. The summed E-state index contributed by atoms with van der Waals surface area (Å²) in [5.41, 5.74) is 15.0. The van der Waals surface area contributed by atoms with E-state index in [1.165, 1.54) is 11.1 Å². The molecule has 2 aromatic heterocycles. The van der Waals surface area contributed by atoms with Gasteiger partial charge in [0, 0.05) is 59.5 Å². The summed E-state index contributed by atoms with van der Waals surface area (Å²) in [5.74, 6) is 0.754. The molecule has 0 radical (unpaired) electrons. The quantitative estimate of drug-likeness (QED) is 0.360. The molecule has 4 aromatic rings. The van der Waals surface area contributed by atoms with Gasteiger partial charge in [0.2, 0.25) is 5.91 Å². The summed E-state index contributed by atoms with van der Waals surface area (Å²) in [6.45, 7) is 8.30. The van der Waals surface area contributed by atoms with Crippen molar-refractivity contribution in [3.8, 4) is 0 Å². The number of nitrogens with one attached hydrogen (secondary N) is 2. The maximum absolute atomic E-state index is 13.0. The fourth-order valence-corrected chi connectivity index (χ4v) is 5.90. The number of nitrogens with two attached hydrogens (primary N) is 1. The molecule has 1 fully saturated rings. The number of piperidine rings is 1. The van der Waals surface area contributed by atoms with Gasteiger partial charge >= 0.3 is 0 Å². The maximum atomic E-state index is 13.0. The van der Waals surface area contributed by atoms with Crippen LogP contribution in [-0.2, 0) is 16.8 Å². The zero-order valence-corrected chi connectivity index (χ0v) is 21.6. The number of aromatic nitrogens is 2. The number of hydrogen-bond acceptors (Lipinski definition) is 6. The number of carbonyl (C=O) groups excluding carboxylic acids is 1. The first-order valence-corrected chi connectivity index (χ1v) is 12.9. The summed E-state index contributed by atoms with van der Waals surface area (Å²) < 4.78 is 0. The minimum atomic E-state index is -0.512. The summed E-state index contributed by atoms with van der Waals surface area (Å²) >= 11 is 0. The van der Waals surface area contributed by atoms with Crippen LogP contribution >= 0.6 is 0 Å². The maximum Gasteiger partial charge on any atom is 0.236 e. The van der Waals surface area contributed by atoms with Gasteiger partial charge in [-0.25, -0.2) is 4.98 Å². The second-order valence-corrected chi connectivity index (χ2v) is 10.4. The molecule has 2 aliphatic rings. The molecule has 188 valence electrons. The van der Waals surface area contributed by atoms with Crippen LogP contribution in [0.2, 0.25) is 0 Å². The van der Waals surface area contributed by atoms with Gasteiger partial charge in [0.1, 0.15) is 5.82 Å². The predicted molar refractivity (Wildman–Crippen MR) is 150 cm³/mol. The summed E-state index contributed by atoms with van der Waals surface area (Å²) in [7, 11) is 0. The lowest BCUT2D eigenvalue weighted by atomic mass is 9.74. The molecule has 37 heavy (non-hydrogen) atoms. The highest BCUT2D eigenvalue weighted by Gasteiger charge is 2.49. The molecule has 2 aromatic carbocycles. The number of carbonyl (C=O) groups is 1. The van der Waals surface area contributed by atoms with E-state index in [4.69, 9.17) is 10.7 Å². The third-order valence-corrected chi connectivity index (χ3v) is 7.87. The van der Waals surface area contributed by atoms with Crippen molar-refractivity contribution in [1.29, 1.82) is 0 Å². The number of amides is 1. The Morgan fingerprint density at radius 1 is 1.05 bits per heavy atom. The van der Waals surface area contributed by atoms with E-state index in [-0.39, 0.29) is 5.91 Å². The molecule has 0 atom stereocenters. The van der Waals surface area contributed by atoms with Gasteiger partial charge in [-0.3, -0.25) is 9.78 Å². The average Bonchev–Trinajstić information content (AvgIpc) is 3.15. The number of anilines is 4. The van der Waals surface area contributed by atoms with Crippen LogP contribution in [0.1, 0.15) is 40.8 Å². The smallest absolute Gasteiger partial charge is 0.236 e. The van der Waals surface area contributed by atoms with E-state index >= 15 is 0 Å². The van der Waals surface area contributed by atoms with Crippen molar-refractivity contribution in [3.63, 3.8) is 0 Å². The van der Waals surface area contributed by atoms with Crippen LogP contribution in [0.3, 0.4) is 0 Å². The second kappa shape index (κ2) is 8.85. The van der Waals surface area contributed by atoms with Crippen LogP contribution in [0.15, 0.2) is 54.7 Å².